The van der Waals surface area contributed by atoms with E-state index in [4.69, 9.17) is 8.94 Å². The van der Waals surface area contributed by atoms with Crippen LogP contribution in [0.1, 0.15) is 18.7 Å². The minimum atomic E-state index is 0.397. The molecule has 0 aliphatic carbocycles. The van der Waals surface area contributed by atoms with Crippen molar-refractivity contribution in [1.29, 1.82) is 0 Å². The van der Waals surface area contributed by atoms with E-state index in [0.717, 1.165) is 31.7 Å². The van der Waals surface area contributed by atoms with Crippen molar-refractivity contribution in [3.63, 3.8) is 0 Å². The van der Waals surface area contributed by atoms with E-state index in [2.05, 4.69) is 30.6 Å². The van der Waals surface area contributed by atoms with Crippen LogP contribution in [-0.2, 0) is 6.54 Å². The Hall–Kier alpha value is -2.74. The molecule has 8 heteroatoms. The van der Waals surface area contributed by atoms with Gasteiger partial charge in [0.05, 0.1) is 12.8 Å². The maximum absolute atomic E-state index is 5.26. The Morgan fingerprint density at radius 3 is 3.12 bits per heavy atom. The fourth-order valence-electron chi connectivity index (χ4n) is 2.97. The topological polar surface area (TPSA) is 93.1 Å². The quantitative estimate of drug-likeness (QED) is 0.734. The van der Waals surface area contributed by atoms with E-state index >= 15 is 0 Å². The number of aromatic nitrogens is 4. The van der Waals surface area contributed by atoms with Gasteiger partial charge in [-0.15, -0.1) is 5.10 Å². The van der Waals surface area contributed by atoms with Crippen LogP contribution in [0.3, 0.4) is 0 Å². The normalized spacial score (nSPS) is 17.5. The van der Waals surface area contributed by atoms with Crippen LogP contribution in [0.15, 0.2) is 45.7 Å². The molecule has 4 heterocycles. The highest BCUT2D eigenvalue weighted by Gasteiger charge is 2.25. The average molecular weight is 326 g/mol. The standard InChI is InChI=1S/C16H18N6O2/c1-6-14(20-18-7-1)22-8-2-4-12(22)10-17-11-15-19-16(21-24-15)13-5-3-9-23-13/h1,3,5-7,9,12,17H,2,4,8,10-11H2/t12-/m0/s1. The maximum Gasteiger partial charge on any atom is 0.241 e. The summed E-state index contributed by atoms with van der Waals surface area (Å²) in [6.45, 7) is 2.36. The van der Waals surface area contributed by atoms with Gasteiger partial charge in [0.25, 0.3) is 0 Å². The lowest BCUT2D eigenvalue weighted by Gasteiger charge is -2.25. The summed E-state index contributed by atoms with van der Waals surface area (Å²) in [5.74, 6) is 2.55. The van der Waals surface area contributed by atoms with Crippen molar-refractivity contribution in [3.05, 3.63) is 42.6 Å². The highest BCUT2D eigenvalue weighted by Crippen LogP contribution is 2.22. The molecule has 1 saturated heterocycles. The minimum Gasteiger partial charge on any atom is -0.461 e. The van der Waals surface area contributed by atoms with Crippen molar-refractivity contribution >= 4 is 5.82 Å². The van der Waals surface area contributed by atoms with Crippen LogP contribution in [0.2, 0.25) is 0 Å². The monoisotopic (exact) mass is 326 g/mol. The van der Waals surface area contributed by atoms with E-state index in [1.807, 2.05) is 12.1 Å². The van der Waals surface area contributed by atoms with E-state index in [9.17, 15) is 0 Å². The lowest BCUT2D eigenvalue weighted by molar-refractivity contribution is 0.364. The Kier molecular flexibility index (Phi) is 4.20. The molecule has 1 N–H and O–H groups in total. The van der Waals surface area contributed by atoms with Crippen LogP contribution >= 0.6 is 0 Å². The second-order valence-corrected chi connectivity index (χ2v) is 5.69. The molecular formula is C16H18N6O2. The molecule has 1 atom stereocenters. The summed E-state index contributed by atoms with van der Waals surface area (Å²) in [5.41, 5.74) is 0. The zero-order valence-electron chi connectivity index (χ0n) is 13.1. The number of hydrogen-bond acceptors (Lipinski definition) is 8. The molecule has 0 unspecified atom stereocenters. The summed E-state index contributed by atoms with van der Waals surface area (Å²) in [6.07, 6.45) is 5.57. The molecule has 0 aromatic carbocycles. The Bertz CT molecular complexity index is 758. The summed E-state index contributed by atoms with van der Waals surface area (Å²) in [5, 5.41) is 15.5. The van der Waals surface area contributed by atoms with Crippen molar-refractivity contribution in [2.75, 3.05) is 18.0 Å². The summed E-state index contributed by atoms with van der Waals surface area (Å²) >= 11 is 0. The molecule has 4 rings (SSSR count). The molecule has 1 aliphatic heterocycles. The van der Waals surface area contributed by atoms with E-state index in [1.165, 1.54) is 0 Å². The van der Waals surface area contributed by atoms with Crippen molar-refractivity contribution in [2.45, 2.75) is 25.4 Å². The first-order valence-electron chi connectivity index (χ1n) is 8.02. The van der Waals surface area contributed by atoms with Gasteiger partial charge < -0.3 is 19.2 Å². The number of nitrogens with zero attached hydrogens (tertiary/aromatic N) is 5. The third-order valence-electron chi connectivity index (χ3n) is 4.10. The maximum atomic E-state index is 5.26. The zero-order valence-corrected chi connectivity index (χ0v) is 13.1. The van der Waals surface area contributed by atoms with Crippen molar-refractivity contribution in [1.82, 2.24) is 25.7 Å². The van der Waals surface area contributed by atoms with Crippen LogP contribution in [0.4, 0.5) is 5.82 Å². The van der Waals surface area contributed by atoms with Gasteiger partial charge in [-0.3, -0.25) is 0 Å². The van der Waals surface area contributed by atoms with Crippen LogP contribution in [0.5, 0.6) is 0 Å². The third-order valence-corrected chi connectivity index (χ3v) is 4.10. The first-order chi connectivity index (χ1) is 11.9. The van der Waals surface area contributed by atoms with E-state index in [1.54, 1.807) is 24.6 Å². The second-order valence-electron chi connectivity index (χ2n) is 5.69. The molecule has 0 spiro atoms. The molecule has 0 bridgehead atoms. The fourth-order valence-corrected chi connectivity index (χ4v) is 2.97. The van der Waals surface area contributed by atoms with Gasteiger partial charge >= 0.3 is 0 Å². The van der Waals surface area contributed by atoms with Gasteiger partial charge in [0, 0.05) is 25.3 Å². The van der Waals surface area contributed by atoms with Gasteiger partial charge in [-0.25, -0.2) is 0 Å². The summed E-state index contributed by atoms with van der Waals surface area (Å²) in [7, 11) is 0. The highest BCUT2D eigenvalue weighted by atomic mass is 16.5. The fraction of sp³-hybridized carbons (Fsp3) is 0.375. The molecule has 0 amide bonds. The van der Waals surface area contributed by atoms with Gasteiger partial charge in [0.2, 0.25) is 11.7 Å². The second kappa shape index (κ2) is 6.79. The number of furan rings is 1. The highest BCUT2D eigenvalue weighted by molar-refractivity contribution is 5.44. The largest absolute Gasteiger partial charge is 0.461 e. The van der Waals surface area contributed by atoms with Crippen molar-refractivity contribution in [3.8, 4) is 11.6 Å². The van der Waals surface area contributed by atoms with Crippen LogP contribution in [-0.4, -0.2) is 39.5 Å². The number of anilines is 1. The van der Waals surface area contributed by atoms with Gasteiger partial charge in [0.15, 0.2) is 11.6 Å². The van der Waals surface area contributed by atoms with Gasteiger partial charge in [-0.1, -0.05) is 5.16 Å². The van der Waals surface area contributed by atoms with Gasteiger partial charge in [-0.05, 0) is 37.1 Å². The molecule has 8 nitrogen and oxygen atoms in total. The molecule has 24 heavy (non-hydrogen) atoms. The summed E-state index contributed by atoms with van der Waals surface area (Å²) in [4.78, 5) is 6.62. The SMILES string of the molecule is c1cnnc(N2CCC[C@H]2CNCc2nc(-c3ccco3)no2)c1. The Morgan fingerprint density at radius 1 is 1.29 bits per heavy atom. The Morgan fingerprint density at radius 2 is 2.29 bits per heavy atom. The predicted molar refractivity (Wildman–Crippen MR) is 86.1 cm³/mol. The molecule has 0 saturated carbocycles. The van der Waals surface area contributed by atoms with Crippen molar-refractivity contribution in [2.24, 2.45) is 0 Å². The summed E-state index contributed by atoms with van der Waals surface area (Å²) in [6, 6.07) is 7.91. The number of rotatable bonds is 6. The number of hydrogen-bond donors (Lipinski definition) is 1. The lowest BCUT2D eigenvalue weighted by Crippen LogP contribution is -2.38. The molecule has 1 fully saturated rings. The van der Waals surface area contributed by atoms with Gasteiger partial charge in [-0.2, -0.15) is 10.1 Å². The zero-order chi connectivity index (χ0) is 16.2. The smallest absolute Gasteiger partial charge is 0.241 e. The molecular weight excluding hydrogens is 308 g/mol. The Balaban J connectivity index is 1.32. The lowest BCUT2D eigenvalue weighted by atomic mass is 10.2. The minimum absolute atomic E-state index is 0.397. The van der Waals surface area contributed by atoms with Gasteiger partial charge in [0.1, 0.15) is 0 Å². The first kappa shape index (κ1) is 14.8. The Labute approximate surface area is 138 Å². The van der Waals surface area contributed by atoms with Crippen LogP contribution in [0.25, 0.3) is 11.6 Å². The van der Waals surface area contributed by atoms with E-state index in [0.29, 0.717) is 30.1 Å². The number of nitrogens with one attached hydrogen (secondary N) is 1. The molecule has 3 aromatic heterocycles. The summed E-state index contributed by atoms with van der Waals surface area (Å²) < 4.78 is 10.5. The molecule has 1 aliphatic rings. The van der Waals surface area contributed by atoms with Crippen LogP contribution < -0.4 is 10.2 Å². The third kappa shape index (κ3) is 3.13. The molecule has 0 radical (unpaired) electrons. The van der Waals surface area contributed by atoms with Crippen LogP contribution in [0, 0.1) is 0 Å². The first-order valence-corrected chi connectivity index (χ1v) is 8.02. The molecule has 124 valence electrons. The van der Waals surface area contributed by atoms with E-state index in [-0.39, 0.29) is 0 Å². The molecule has 3 aromatic rings. The van der Waals surface area contributed by atoms with Crippen molar-refractivity contribution < 1.29 is 8.94 Å². The average Bonchev–Trinajstić information content (AvgIpc) is 3.37. The predicted octanol–water partition coefficient (Wildman–Crippen LogP) is 1.88. The van der Waals surface area contributed by atoms with E-state index < -0.39 is 0 Å².